The Balaban J connectivity index is 2.09. The van der Waals surface area contributed by atoms with Gasteiger partial charge in [0.05, 0.1) is 12.0 Å². The Labute approximate surface area is 103 Å². The number of aromatic nitrogens is 2. The predicted molar refractivity (Wildman–Crippen MR) is 66.8 cm³/mol. The largest absolute Gasteiger partial charge is 0.342 e. The monoisotopic (exact) mass is 235 g/mol. The van der Waals surface area contributed by atoms with Gasteiger partial charge in [-0.3, -0.25) is 4.79 Å². The molecule has 1 aliphatic carbocycles. The molecule has 1 heterocycles. The van der Waals surface area contributed by atoms with Crippen molar-refractivity contribution in [3.8, 4) is 0 Å². The first-order chi connectivity index (χ1) is 8.09. The number of carbonyl (C=O) groups excluding carboxylic acids is 1. The molecule has 0 bridgehead atoms. The second-order valence-corrected chi connectivity index (χ2v) is 5.07. The number of fused-ring (bicyclic) bond motifs is 1. The van der Waals surface area contributed by atoms with Gasteiger partial charge in [-0.05, 0) is 39.5 Å². The van der Waals surface area contributed by atoms with Crippen LogP contribution in [0.4, 0.5) is 0 Å². The number of aryl methyl sites for hydroxylation is 1. The standard InChI is InChI=1S/C13H21N3O/c1-10(2)15(3)13(17)8-16-9-14-11-6-4-5-7-12(11)16/h9-10H,4-8H2,1-3H3. The highest BCUT2D eigenvalue weighted by atomic mass is 16.2. The molecular weight excluding hydrogens is 214 g/mol. The normalized spacial score (nSPS) is 14.8. The molecule has 2 rings (SSSR count). The highest BCUT2D eigenvalue weighted by Gasteiger charge is 2.18. The van der Waals surface area contributed by atoms with Gasteiger partial charge in [0.1, 0.15) is 6.54 Å². The van der Waals surface area contributed by atoms with Crippen LogP contribution in [0.2, 0.25) is 0 Å². The molecule has 1 amide bonds. The van der Waals surface area contributed by atoms with E-state index in [1.165, 1.54) is 24.2 Å². The lowest BCUT2D eigenvalue weighted by Gasteiger charge is -2.22. The molecule has 0 saturated carbocycles. The summed E-state index contributed by atoms with van der Waals surface area (Å²) >= 11 is 0. The molecule has 0 aromatic carbocycles. The van der Waals surface area contributed by atoms with Crippen molar-refractivity contribution in [2.24, 2.45) is 0 Å². The van der Waals surface area contributed by atoms with Crippen LogP contribution >= 0.6 is 0 Å². The highest BCUT2D eigenvalue weighted by Crippen LogP contribution is 2.19. The van der Waals surface area contributed by atoms with Gasteiger partial charge in [-0.15, -0.1) is 0 Å². The van der Waals surface area contributed by atoms with E-state index in [2.05, 4.69) is 4.98 Å². The molecule has 1 aliphatic rings. The van der Waals surface area contributed by atoms with E-state index in [9.17, 15) is 4.79 Å². The van der Waals surface area contributed by atoms with Gasteiger partial charge in [0.15, 0.2) is 0 Å². The maximum atomic E-state index is 12.0. The van der Waals surface area contributed by atoms with Crippen LogP contribution in [0.3, 0.4) is 0 Å². The highest BCUT2D eigenvalue weighted by molar-refractivity contribution is 5.76. The van der Waals surface area contributed by atoms with Crippen LogP contribution in [0.1, 0.15) is 38.1 Å². The number of likely N-dealkylation sites (N-methyl/N-ethyl adjacent to an activating group) is 1. The number of rotatable bonds is 3. The summed E-state index contributed by atoms with van der Waals surface area (Å²) in [5.41, 5.74) is 2.46. The minimum atomic E-state index is 0.158. The lowest BCUT2D eigenvalue weighted by molar-refractivity contribution is -0.132. The first kappa shape index (κ1) is 12.1. The van der Waals surface area contributed by atoms with Gasteiger partial charge in [0.25, 0.3) is 0 Å². The molecule has 1 aromatic rings. The third-order valence-corrected chi connectivity index (χ3v) is 3.58. The van der Waals surface area contributed by atoms with Gasteiger partial charge < -0.3 is 9.47 Å². The summed E-state index contributed by atoms with van der Waals surface area (Å²) in [6.45, 7) is 4.49. The van der Waals surface area contributed by atoms with E-state index in [1.807, 2.05) is 31.8 Å². The SMILES string of the molecule is CC(C)N(C)C(=O)Cn1cnc2c1CCCC2. The van der Waals surface area contributed by atoms with Gasteiger partial charge in [0.2, 0.25) is 5.91 Å². The smallest absolute Gasteiger partial charge is 0.242 e. The van der Waals surface area contributed by atoms with Crippen LogP contribution in [0.5, 0.6) is 0 Å². The molecule has 94 valence electrons. The van der Waals surface area contributed by atoms with Gasteiger partial charge in [-0.2, -0.15) is 0 Å². The lowest BCUT2D eigenvalue weighted by Crippen LogP contribution is -2.35. The topological polar surface area (TPSA) is 38.1 Å². The van der Waals surface area contributed by atoms with Crippen LogP contribution in [0.25, 0.3) is 0 Å². The van der Waals surface area contributed by atoms with Crippen molar-refractivity contribution in [1.29, 1.82) is 0 Å². The molecule has 0 atom stereocenters. The van der Waals surface area contributed by atoms with Crippen molar-refractivity contribution < 1.29 is 4.79 Å². The van der Waals surface area contributed by atoms with Crippen LogP contribution in [-0.4, -0.2) is 33.4 Å². The fraction of sp³-hybridized carbons (Fsp3) is 0.692. The minimum Gasteiger partial charge on any atom is -0.342 e. The quantitative estimate of drug-likeness (QED) is 0.798. The molecular formula is C13H21N3O. The van der Waals surface area contributed by atoms with Crippen LogP contribution in [0.15, 0.2) is 6.33 Å². The third-order valence-electron chi connectivity index (χ3n) is 3.58. The number of hydrogen-bond donors (Lipinski definition) is 0. The van der Waals surface area contributed by atoms with Crippen molar-refractivity contribution in [1.82, 2.24) is 14.5 Å². The van der Waals surface area contributed by atoms with Crippen molar-refractivity contribution in [3.63, 3.8) is 0 Å². The molecule has 0 fully saturated rings. The second kappa shape index (κ2) is 4.90. The fourth-order valence-corrected chi connectivity index (χ4v) is 2.21. The summed E-state index contributed by atoms with van der Waals surface area (Å²) in [6.07, 6.45) is 6.39. The van der Waals surface area contributed by atoms with E-state index < -0.39 is 0 Å². The van der Waals surface area contributed by atoms with Crippen molar-refractivity contribution in [2.75, 3.05) is 7.05 Å². The molecule has 17 heavy (non-hydrogen) atoms. The maximum Gasteiger partial charge on any atom is 0.242 e. The summed E-state index contributed by atoms with van der Waals surface area (Å²) in [7, 11) is 1.86. The van der Waals surface area contributed by atoms with E-state index >= 15 is 0 Å². The summed E-state index contributed by atoms with van der Waals surface area (Å²) in [6, 6.07) is 0.252. The summed E-state index contributed by atoms with van der Waals surface area (Å²) in [5.74, 6) is 0.158. The van der Waals surface area contributed by atoms with E-state index in [0.717, 1.165) is 12.8 Å². The molecule has 0 N–H and O–H groups in total. The predicted octanol–water partition coefficient (Wildman–Crippen LogP) is 1.63. The number of nitrogens with zero attached hydrogens (tertiary/aromatic N) is 3. The summed E-state index contributed by atoms with van der Waals surface area (Å²) in [4.78, 5) is 18.2. The lowest BCUT2D eigenvalue weighted by atomic mass is 10.0. The van der Waals surface area contributed by atoms with Crippen LogP contribution in [0, 0.1) is 0 Å². The molecule has 4 heteroatoms. The van der Waals surface area contributed by atoms with Gasteiger partial charge in [-0.25, -0.2) is 4.98 Å². The number of imidazole rings is 1. The Morgan fingerprint density at radius 2 is 2.18 bits per heavy atom. The Kier molecular flexibility index (Phi) is 3.50. The van der Waals surface area contributed by atoms with Crippen molar-refractivity contribution >= 4 is 5.91 Å². The number of amides is 1. The Morgan fingerprint density at radius 3 is 2.88 bits per heavy atom. The first-order valence-electron chi connectivity index (χ1n) is 6.38. The van der Waals surface area contributed by atoms with E-state index in [-0.39, 0.29) is 11.9 Å². The van der Waals surface area contributed by atoms with Gasteiger partial charge in [-0.1, -0.05) is 0 Å². The van der Waals surface area contributed by atoms with Crippen molar-refractivity contribution in [3.05, 3.63) is 17.7 Å². The number of carbonyl (C=O) groups is 1. The number of hydrogen-bond acceptors (Lipinski definition) is 2. The van der Waals surface area contributed by atoms with Crippen LogP contribution in [-0.2, 0) is 24.2 Å². The zero-order chi connectivity index (χ0) is 12.4. The van der Waals surface area contributed by atoms with Crippen LogP contribution < -0.4 is 0 Å². The first-order valence-corrected chi connectivity index (χ1v) is 6.38. The third kappa shape index (κ3) is 2.51. The van der Waals surface area contributed by atoms with E-state index in [4.69, 9.17) is 0 Å². The van der Waals surface area contributed by atoms with E-state index in [0.29, 0.717) is 6.54 Å². The Bertz CT molecular complexity index is 409. The van der Waals surface area contributed by atoms with Gasteiger partial charge in [0, 0.05) is 18.8 Å². The van der Waals surface area contributed by atoms with Crippen molar-refractivity contribution in [2.45, 2.75) is 52.1 Å². The molecule has 0 saturated heterocycles. The Morgan fingerprint density at radius 1 is 1.47 bits per heavy atom. The molecule has 0 aliphatic heterocycles. The summed E-state index contributed by atoms with van der Waals surface area (Å²) in [5, 5.41) is 0. The zero-order valence-corrected chi connectivity index (χ0v) is 10.9. The molecule has 0 spiro atoms. The minimum absolute atomic E-state index is 0.158. The average Bonchev–Trinajstić information content (AvgIpc) is 2.71. The second-order valence-electron chi connectivity index (χ2n) is 5.07. The van der Waals surface area contributed by atoms with Gasteiger partial charge >= 0.3 is 0 Å². The average molecular weight is 235 g/mol. The molecule has 4 nitrogen and oxygen atoms in total. The summed E-state index contributed by atoms with van der Waals surface area (Å²) < 4.78 is 2.02. The van der Waals surface area contributed by atoms with E-state index in [1.54, 1.807) is 4.90 Å². The maximum absolute atomic E-state index is 12.0. The fourth-order valence-electron chi connectivity index (χ4n) is 2.21. The molecule has 0 unspecified atom stereocenters. The Hall–Kier alpha value is -1.32. The molecule has 0 radical (unpaired) electrons. The zero-order valence-electron chi connectivity index (χ0n) is 10.9. The molecule has 1 aromatic heterocycles.